The number of benzene rings is 3. The predicted molar refractivity (Wildman–Crippen MR) is 136 cm³/mol. The molecular weight excluding hydrogens is 692 g/mol. The third-order valence-corrected chi connectivity index (χ3v) is 7.82. The van der Waals surface area contributed by atoms with Crippen LogP contribution in [0.5, 0.6) is 0 Å². The summed E-state index contributed by atoms with van der Waals surface area (Å²) in [5.74, 6) is -11.3. The highest BCUT2D eigenvalue weighted by molar-refractivity contribution is 6.46. The van der Waals surface area contributed by atoms with Gasteiger partial charge in [0.25, 0.3) is 0 Å². The summed E-state index contributed by atoms with van der Waals surface area (Å²) in [6.45, 7) is 0. The summed E-state index contributed by atoms with van der Waals surface area (Å²) in [5, 5.41) is -7.04. The van der Waals surface area contributed by atoms with Crippen LogP contribution < -0.4 is 0 Å². The molecule has 1 aromatic heterocycles. The maximum Gasteiger partial charge on any atom is 0.178 e. The molecule has 0 N–H and O–H groups in total. The van der Waals surface area contributed by atoms with Gasteiger partial charge in [0.05, 0.1) is 46.8 Å². The molecule has 17 heteroatoms. The van der Waals surface area contributed by atoms with E-state index in [1.807, 2.05) is 0 Å². The summed E-state index contributed by atoms with van der Waals surface area (Å²) in [4.78, 5) is 11.7. The van der Waals surface area contributed by atoms with Gasteiger partial charge in [0.1, 0.15) is 10.0 Å². The van der Waals surface area contributed by atoms with E-state index < -0.39 is 109 Å². The summed E-state index contributed by atoms with van der Waals surface area (Å²) in [6.07, 6.45) is 0. The van der Waals surface area contributed by atoms with Crippen molar-refractivity contribution in [3.63, 3.8) is 0 Å². The van der Waals surface area contributed by atoms with Crippen molar-refractivity contribution in [1.29, 1.82) is 0 Å². The van der Waals surface area contributed by atoms with E-state index >= 15 is 8.78 Å². The molecule has 0 saturated carbocycles. The molecule has 0 atom stereocenters. The Morgan fingerprint density at radius 3 is 1.16 bits per heavy atom. The molecule has 1 heterocycles. The Hall–Kier alpha value is -1.43. The number of rotatable bonds is 3. The maximum absolute atomic E-state index is 15.1. The zero-order chi connectivity index (χ0) is 28.4. The van der Waals surface area contributed by atoms with Crippen molar-refractivity contribution in [2.75, 3.05) is 0 Å². The molecule has 0 aliphatic carbocycles. The van der Waals surface area contributed by atoms with Crippen LogP contribution in [-0.2, 0) is 0 Å². The monoisotopic (exact) mass is 689 g/mol. The lowest BCUT2D eigenvalue weighted by Gasteiger charge is -2.15. The molecule has 0 amide bonds. The molecule has 4 aromatic rings. The molecule has 198 valence electrons. The molecule has 38 heavy (non-hydrogen) atoms. The molecule has 0 aliphatic rings. The van der Waals surface area contributed by atoms with Crippen molar-refractivity contribution in [1.82, 2.24) is 15.0 Å². The minimum Gasteiger partial charge on any atom is -0.208 e. The van der Waals surface area contributed by atoms with Crippen LogP contribution in [-0.4, -0.2) is 15.0 Å². The van der Waals surface area contributed by atoms with E-state index in [0.29, 0.717) is 6.07 Å². The molecule has 0 fully saturated rings. The summed E-state index contributed by atoms with van der Waals surface area (Å²) in [6, 6.07) is 0.514. The van der Waals surface area contributed by atoms with E-state index in [-0.39, 0.29) is 0 Å². The van der Waals surface area contributed by atoms with E-state index in [9.17, 15) is 17.6 Å². The van der Waals surface area contributed by atoms with Gasteiger partial charge in [-0.1, -0.05) is 92.8 Å². The Balaban J connectivity index is 2.20. The number of nitrogens with zero attached hydrogens (tertiary/aromatic N) is 3. The number of hydrogen-bond donors (Lipinski definition) is 0. The second-order valence-electron chi connectivity index (χ2n) is 7.04. The Labute approximate surface area is 248 Å². The van der Waals surface area contributed by atoms with Gasteiger partial charge in [-0.2, -0.15) is 0 Å². The van der Waals surface area contributed by atoms with E-state index in [2.05, 4.69) is 15.0 Å². The first-order chi connectivity index (χ1) is 17.7. The van der Waals surface area contributed by atoms with Crippen LogP contribution in [0.25, 0.3) is 34.2 Å². The number of hydrogen-bond acceptors (Lipinski definition) is 3. The summed E-state index contributed by atoms with van der Waals surface area (Å²) in [7, 11) is 0. The van der Waals surface area contributed by atoms with E-state index in [0.717, 1.165) is 0 Å². The lowest BCUT2D eigenvalue weighted by molar-refractivity contribution is 0.509. The predicted octanol–water partition coefficient (Wildman–Crippen LogP) is 10.9. The second-order valence-corrected chi connectivity index (χ2v) is 10.1. The summed E-state index contributed by atoms with van der Waals surface area (Å²) >= 11 is 46.9. The largest absolute Gasteiger partial charge is 0.208 e. The van der Waals surface area contributed by atoms with Crippen molar-refractivity contribution < 1.29 is 26.3 Å². The zero-order valence-electron chi connectivity index (χ0n) is 17.2. The Morgan fingerprint density at radius 1 is 0.395 bits per heavy atom. The van der Waals surface area contributed by atoms with Crippen LogP contribution >= 0.6 is 92.8 Å². The average molecular weight is 693 g/mol. The van der Waals surface area contributed by atoms with Gasteiger partial charge in [-0.3, -0.25) is 0 Å². The third kappa shape index (κ3) is 4.75. The van der Waals surface area contributed by atoms with E-state index in [1.165, 1.54) is 0 Å². The fourth-order valence-electron chi connectivity index (χ4n) is 3.08. The highest BCUT2D eigenvalue weighted by Gasteiger charge is 2.30. The Kier molecular flexibility index (Phi) is 8.44. The smallest absolute Gasteiger partial charge is 0.178 e. The molecule has 0 aliphatic heterocycles. The molecule has 3 aromatic carbocycles. The van der Waals surface area contributed by atoms with Gasteiger partial charge < -0.3 is 0 Å². The molecular formula is C21HCl8F6N3. The van der Waals surface area contributed by atoms with Gasteiger partial charge >= 0.3 is 0 Å². The van der Waals surface area contributed by atoms with Crippen LogP contribution in [0.2, 0.25) is 40.2 Å². The van der Waals surface area contributed by atoms with Crippen LogP contribution in [0.4, 0.5) is 26.3 Å². The highest BCUT2D eigenvalue weighted by atomic mass is 35.5. The zero-order valence-corrected chi connectivity index (χ0v) is 23.3. The van der Waals surface area contributed by atoms with Crippen molar-refractivity contribution in [2.45, 2.75) is 0 Å². The molecule has 0 bridgehead atoms. The third-order valence-electron chi connectivity index (χ3n) is 4.84. The lowest BCUT2D eigenvalue weighted by atomic mass is 10.1. The van der Waals surface area contributed by atoms with Gasteiger partial charge in [0.2, 0.25) is 0 Å². The van der Waals surface area contributed by atoms with Gasteiger partial charge in [0.15, 0.2) is 52.4 Å². The standard InChI is InChI=1S/C21HCl8F6N3/c22-2-1-3(30)14(31)9(25)4(2)19-36-20(5-7(23)10(26)17(34)12(28)15(5)32)38-21(37-19)6-8(24)11(27)18(35)13(29)16(6)33/h1H. The van der Waals surface area contributed by atoms with Crippen molar-refractivity contribution in [3.05, 3.63) is 81.2 Å². The van der Waals surface area contributed by atoms with Crippen LogP contribution in [0.3, 0.4) is 0 Å². The van der Waals surface area contributed by atoms with Crippen molar-refractivity contribution >= 4 is 92.8 Å². The minimum absolute atomic E-state index is 0.514. The Bertz CT molecular complexity index is 1540. The number of halogens is 14. The van der Waals surface area contributed by atoms with Gasteiger partial charge in [-0.25, -0.2) is 41.3 Å². The van der Waals surface area contributed by atoms with E-state index in [1.54, 1.807) is 0 Å². The van der Waals surface area contributed by atoms with Crippen LogP contribution in [0.1, 0.15) is 0 Å². The van der Waals surface area contributed by atoms with Gasteiger partial charge in [-0.15, -0.1) is 0 Å². The SMILES string of the molecule is Fc1cc(Cl)c(-c2nc(-c3c(F)c(Cl)c(F)c(Cl)c3Cl)nc(-c3c(F)c(Cl)c(F)c(Cl)c3Cl)n2)c(Cl)c1F. The van der Waals surface area contributed by atoms with E-state index in [4.69, 9.17) is 92.8 Å². The maximum atomic E-state index is 15.1. The normalized spacial score (nSPS) is 11.4. The topological polar surface area (TPSA) is 38.7 Å². The highest BCUT2D eigenvalue weighted by Crippen LogP contribution is 2.45. The fraction of sp³-hybridized carbons (Fsp3) is 0. The lowest BCUT2D eigenvalue weighted by Crippen LogP contribution is -2.06. The first-order valence-electron chi connectivity index (χ1n) is 9.31. The second kappa shape index (κ2) is 10.9. The van der Waals surface area contributed by atoms with Crippen LogP contribution in [0.15, 0.2) is 6.07 Å². The molecule has 0 unspecified atom stereocenters. The quantitative estimate of drug-likeness (QED) is 0.122. The first-order valence-corrected chi connectivity index (χ1v) is 12.3. The Morgan fingerprint density at radius 2 is 0.763 bits per heavy atom. The number of aromatic nitrogens is 3. The summed E-state index contributed by atoms with van der Waals surface area (Å²) in [5.41, 5.74) is -2.25. The summed E-state index contributed by atoms with van der Waals surface area (Å²) < 4.78 is 86.7. The molecule has 0 radical (unpaired) electrons. The van der Waals surface area contributed by atoms with Gasteiger partial charge in [0, 0.05) is 0 Å². The molecule has 4 rings (SSSR count). The van der Waals surface area contributed by atoms with Crippen molar-refractivity contribution in [3.8, 4) is 34.2 Å². The fourth-order valence-corrected chi connectivity index (χ4v) is 5.04. The molecule has 3 nitrogen and oxygen atoms in total. The first kappa shape index (κ1) is 29.6. The molecule has 0 saturated heterocycles. The van der Waals surface area contributed by atoms with Crippen LogP contribution in [0, 0.1) is 34.9 Å². The minimum atomic E-state index is -1.58. The van der Waals surface area contributed by atoms with Crippen molar-refractivity contribution in [2.24, 2.45) is 0 Å². The average Bonchev–Trinajstić information content (AvgIpc) is 2.87. The molecule has 0 spiro atoms. The van der Waals surface area contributed by atoms with Gasteiger partial charge in [-0.05, 0) is 6.07 Å².